The Morgan fingerprint density at radius 1 is 1.17 bits per heavy atom. The average molecular weight is 423 g/mol. The Kier molecular flexibility index (Phi) is 4.08. The van der Waals surface area contributed by atoms with E-state index in [-0.39, 0.29) is 29.2 Å². The summed E-state index contributed by atoms with van der Waals surface area (Å²) in [6.07, 6.45) is 1.64. The van der Waals surface area contributed by atoms with Crippen LogP contribution in [0.25, 0.3) is 22.6 Å². The molecule has 0 atom stereocenters. The first-order valence-corrected chi connectivity index (χ1v) is 9.69. The van der Waals surface area contributed by atoms with Crippen molar-refractivity contribution in [1.82, 2.24) is 24.7 Å². The van der Waals surface area contributed by atoms with Gasteiger partial charge in [-0.15, -0.1) is 0 Å². The summed E-state index contributed by atoms with van der Waals surface area (Å²) in [5, 5.41) is 8.27. The zero-order valence-electron chi connectivity index (χ0n) is 16.1. The van der Waals surface area contributed by atoms with Crippen LogP contribution in [0.2, 0.25) is 5.15 Å². The summed E-state index contributed by atoms with van der Waals surface area (Å²) in [6, 6.07) is 10.1. The number of pyridine rings is 1. The number of hydrogen-bond donors (Lipinski definition) is 1. The normalized spacial score (nSPS) is 14.7. The summed E-state index contributed by atoms with van der Waals surface area (Å²) < 4.78 is 15.8. The number of fused-ring (bicyclic) bond motifs is 2. The Labute approximate surface area is 175 Å². The van der Waals surface area contributed by atoms with Crippen LogP contribution >= 0.6 is 11.6 Å². The summed E-state index contributed by atoms with van der Waals surface area (Å²) in [6.45, 7) is 3.74. The molecule has 0 bridgehead atoms. The lowest BCUT2D eigenvalue weighted by atomic mass is 9.88. The molecule has 0 saturated carbocycles. The number of benzene rings is 1. The number of carbonyl (C=O) groups is 1. The molecule has 0 aliphatic carbocycles. The van der Waals surface area contributed by atoms with Gasteiger partial charge in [0.05, 0.1) is 17.3 Å². The number of nitrogens with zero attached hydrogens (tertiary/aromatic N) is 5. The smallest absolute Gasteiger partial charge is 0.235 e. The molecular weight excluding hydrogens is 407 g/mol. The maximum absolute atomic E-state index is 14.2. The van der Waals surface area contributed by atoms with Crippen molar-refractivity contribution < 1.29 is 9.18 Å². The highest BCUT2D eigenvalue weighted by Gasteiger charge is 2.42. The van der Waals surface area contributed by atoms with E-state index < -0.39 is 5.41 Å². The lowest BCUT2D eigenvalue weighted by Crippen LogP contribution is -2.27. The van der Waals surface area contributed by atoms with E-state index in [1.165, 1.54) is 6.07 Å². The largest absolute Gasteiger partial charge is 0.310 e. The van der Waals surface area contributed by atoms with Crippen LogP contribution in [0.15, 0.2) is 42.6 Å². The zero-order chi connectivity index (χ0) is 21.0. The molecule has 1 amide bonds. The van der Waals surface area contributed by atoms with Gasteiger partial charge in [-0.1, -0.05) is 29.8 Å². The summed E-state index contributed by atoms with van der Waals surface area (Å²) >= 11 is 6.44. The van der Waals surface area contributed by atoms with Crippen molar-refractivity contribution in [1.29, 1.82) is 0 Å². The third-order valence-corrected chi connectivity index (χ3v) is 5.56. The van der Waals surface area contributed by atoms with Gasteiger partial charge >= 0.3 is 0 Å². The van der Waals surface area contributed by atoms with Gasteiger partial charge in [0.1, 0.15) is 22.5 Å². The lowest BCUT2D eigenvalue weighted by Gasteiger charge is -2.15. The number of carbonyl (C=O) groups excluding carboxylic acids is 1. The first-order valence-electron chi connectivity index (χ1n) is 9.31. The molecule has 9 heteroatoms. The first-order chi connectivity index (χ1) is 14.4. The van der Waals surface area contributed by atoms with Gasteiger partial charge in [0.2, 0.25) is 5.91 Å². The minimum atomic E-state index is -0.821. The number of hydrogen-bond acceptors (Lipinski definition) is 5. The molecule has 5 rings (SSSR count). The summed E-state index contributed by atoms with van der Waals surface area (Å²) in [5.74, 6) is 0.130. The molecule has 30 heavy (non-hydrogen) atoms. The molecule has 1 aromatic carbocycles. The van der Waals surface area contributed by atoms with Crippen molar-refractivity contribution in [2.24, 2.45) is 0 Å². The molecule has 3 aromatic heterocycles. The van der Waals surface area contributed by atoms with Crippen molar-refractivity contribution in [2.45, 2.75) is 25.8 Å². The Bertz CT molecular complexity index is 1330. The predicted octanol–water partition coefficient (Wildman–Crippen LogP) is 3.96. The Balaban J connectivity index is 1.67. The molecule has 0 radical (unpaired) electrons. The highest BCUT2D eigenvalue weighted by molar-refractivity contribution is 6.32. The van der Waals surface area contributed by atoms with E-state index in [1.807, 2.05) is 6.07 Å². The van der Waals surface area contributed by atoms with Crippen LogP contribution in [0.3, 0.4) is 0 Å². The van der Waals surface area contributed by atoms with Crippen LogP contribution in [0, 0.1) is 5.82 Å². The van der Waals surface area contributed by atoms with E-state index in [2.05, 4.69) is 25.4 Å². The topological polar surface area (TPSA) is 85.6 Å². The number of halogens is 2. The van der Waals surface area contributed by atoms with Crippen LogP contribution in [0.5, 0.6) is 0 Å². The van der Waals surface area contributed by atoms with Crippen LogP contribution < -0.4 is 5.32 Å². The standard InChI is InChI=1S/C21H16ClFN6O/c1-21(2)14-16(22)25-18(26-17(14)27-20(21)30)15-12-7-5-9-24-19(12)29(28-15)10-11-6-3-4-8-13(11)23/h3-9H,10H2,1-2H3,(H,25,26,27,30). The monoisotopic (exact) mass is 422 g/mol. The number of amides is 1. The molecule has 4 aromatic rings. The molecule has 0 saturated heterocycles. The molecule has 1 aliphatic rings. The third-order valence-electron chi connectivity index (χ3n) is 5.29. The third kappa shape index (κ3) is 2.75. The molecule has 0 unspecified atom stereocenters. The molecule has 1 aliphatic heterocycles. The average Bonchev–Trinajstić information content (AvgIpc) is 3.18. The first kappa shape index (κ1) is 18.6. The molecule has 4 heterocycles. The van der Waals surface area contributed by atoms with Gasteiger partial charge in [-0.2, -0.15) is 5.10 Å². The second-order valence-electron chi connectivity index (χ2n) is 7.61. The Hall–Kier alpha value is -3.39. The fourth-order valence-electron chi connectivity index (χ4n) is 3.63. The van der Waals surface area contributed by atoms with E-state index in [0.717, 1.165) is 0 Å². The van der Waals surface area contributed by atoms with E-state index in [1.54, 1.807) is 49.0 Å². The van der Waals surface area contributed by atoms with Gasteiger partial charge in [0.15, 0.2) is 11.5 Å². The highest BCUT2D eigenvalue weighted by atomic mass is 35.5. The highest BCUT2D eigenvalue weighted by Crippen LogP contribution is 2.41. The number of aromatic nitrogens is 5. The summed E-state index contributed by atoms with van der Waals surface area (Å²) in [5.41, 5.74) is 1.25. The maximum atomic E-state index is 14.2. The number of nitrogens with one attached hydrogen (secondary N) is 1. The van der Waals surface area contributed by atoms with Gasteiger partial charge in [-0.05, 0) is 32.0 Å². The van der Waals surface area contributed by atoms with Gasteiger partial charge in [0.25, 0.3) is 0 Å². The fraction of sp³-hybridized carbons (Fsp3) is 0.190. The summed E-state index contributed by atoms with van der Waals surface area (Å²) in [4.78, 5) is 25.6. The van der Waals surface area contributed by atoms with Crippen molar-refractivity contribution in [3.8, 4) is 11.5 Å². The Morgan fingerprint density at radius 2 is 1.97 bits per heavy atom. The number of anilines is 1. The van der Waals surface area contributed by atoms with E-state index in [0.29, 0.717) is 33.7 Å². The molecule has 0 spiro atoms. The van der Waals surface area contributed by atoms with Gasteiger partial charge in [0, 0.05) is 17.3 Å². The van der Waals surface area contributed by atoms with Gasteiger partial charge < -0.3 is 5.32 Å². The van der Waals surface area contributed by atoms with Crippen LogP contribution in [-0.4, -0.2) is 30.6 Å². The zero-order valence-corrected chi connectivity index (χ0v) is 16.9. The summed E-state index contributed by atoms with van der Waals surface area (Å²) in [7, 11) is 0. The Morgan fingerprint density at radius 3 is 2.77 bits per heavy atom. The fourth-order valence-corrected chi connectivity index (χ4v) is 4.04. The van der Waals surface area contributed by atoms with E-state index >= 15 is 0 Å². The molecule has 0 fully saturated rings. The maximum Gasteiger partial charge on any atom is 0.235 e. The molecule has 7 nitrogen and oxygen atoms in total. The van der Waals surface area contributed by atoms with E-state index in [9.17, 15) is 9.18 Å². The van der Waals surface area contributed by atoms with Crippen LogP contribution in [0.4, 0.5) is 10.2 Å². The lowest BCUT2D eigenvalue weighted by molar-refractivity contribution is -0.119. The van der Waals surface area contributed by atoms with E-state index in [4.69, 9.17) is 11.6 Å². The minimum Gasteiger partial charge on any atom is -0.310 e. The van der Waals surface area contributed by atoms with Crippen molar-refractivity contribution >= 4 is 34.4 Å². The van der Waals surface area contributed by atoms with Crippen molar-refractivity contribution in [3.63, 3.8) is 0 Å². The predicted molar refractivity (Wildman–Crippen MR) is 111 cm³/mol. The van der Waals surface area contributed by atoms with Crippen LogP contribution in [0.1, 0.15) is 25.0 Å². The van der Waals surface area contributed by atoms with Gasteiger partial charge in [-0.3, -0.25) is 4.79 Å². The van der Waals surface area contributed by atoms with Crippen molar-refractivity contribution in [2.75, 3.05) is 5.32 Å². The quantitative estimate of drug-likeness (QED) is 0.505. The van der Waals surface area contributed by atoms with Crippen LogP contribution in [-0.2, 0) is 16.8 Å². The SMILES string of the molecule is CC1(C)C(=O)Nc2nc(-c3nn(Cc4ccccc4F)c4ncccc34)nc(Cl)c21. The molecular formula is C21H16ClFN6O. The number of rotatable bonds is 3. The molecule has 1 N–H and O–H groups in total. The van der Waals surface area contributed by atoms with Crippen molar-refractivity contribution in [3.05, 3.63) is 64.7 Å². The molecule has 150 valence electrons. The van der Waals surface area contributed by atoms with Gasteiger partial charge in [-0.25, -0.2) is 24.0 Å². The second kappa shape index (κ2) is 6.56. The minimum absolute atomic E-state index is 0.192. The second-order valence-corrected chi connectivity index (χ2v) is 7.97.